The molecule has 130 valence electrons. The van der Waals surface area contributed by atoms with Crippen LogP contribution in [0.25, 0.3) is 5.69 Å². The van der Waals surface area contributed by atoms with Gasteiger partial charge in [-0.15, -0.1) is 10.2 Å². The van der Waals surface area contributed by atoms with Crippen LogP contribution in [-0.2, 0) is 12.6 Å². The molecule has 1 saturated heterocycles. The Morgan fingerprint density at radius 1 is 1.12 bits per heavy atom. The van der Waals surface area contributed by atoms with E-state index >= 15 is 0 Å². The molecule has 0 amide bonds. The van der Waals surface area contributed by atoms with Gasteiger partial charge in [-0.05, 0) is 38.3 Å². The highest BCUT2D eigenvalue weighted by Gasteiger charge is 2.34. The second kappa shape index (κ2) is 6.52. The summed E-state index contributed by atoms with van der Waals surface area (Å²) in [5, 5.41) is 7.85. The molecule has 1 aliphatic rings. The molecule has 5 nitrogen and oxygen atoms in total. The molecule has 24 heavy (non-hydrogen) atoms. The highest BCUT2D eigenvalue weighted by atomic mass is 19.4. The average molecular weight is 339 g/mol. The Bertz CT molecular complexity index is 687. The van der Waals surface area contributed by atoms with E-state index in [0.717, 1.165) is 12.5 Å². The minimum Gasteiger partial charge on any atom is -0.285 e. The number of rotatable bonds is 4. The molecule has 2 unspecified atom stereocenters. The summed E-state index contributed by atoms with van der Waals surface area (Å²) in [6, 6.07) is 6.10. The normalized spacial score (nSPS) is 24.5. The van der Waals surface area contributed by atoms with E-state index in [4.69, 9.17) is 0 Å². The molecule has 0 bridgehead atoms. The molecule has 2 heterocycles. The molecular formula is C16H20F3N5. The summed E-state index contributed by atoms with van der Waals surface area (Å²) in [5.74, 6) is 0.922. The Morgan fingerprint density at radius 2 is 1.79 bits per heavy atom. The molecule has 1 aromatic carbocycles. The largest absolute Gasteiger partial charge is 0.418 e. The van der Waals surface area contributed by atoms with Crippen LogP contribution in [0.2, 0.25) is 0 Å². The van der Waals surface area contributed by atoms with E-state index in [1.54, 1.807) is 6.07 Å². The lowest BCUT2D eigenvalue weighted by Crippen LogP contribution is -2.30. The topological polar surface area (TPSA) is 54.8 Å². The van der Waals surface area contributed by atoms with E-state index in [-0.39, 0.29) is 5.69 Å². The number of hydrogen-bond acceptors (Lipinski definition) is 4. The number of halogens is 3. The zero-order valence-electron chi connectivity index (χ0n) is 13.5. The molecule has 0 saturated carbocycles. The van der Waals surface area contributed by atoms with Crippen LogP contribution < -0.4 is 10.9 Å². The molecule has 2 atom stereocenters. The van der Waals surface area contributed by atoms with Crippen LogP contribution in [0.4, 0.5) is 13.2 Å². The monoisotopic (exact) mass is 339 g/mol. The maximum absolute atomic E-state index is 13.2. The van der Waals surface area contributed by atoms with E-state index < -0.39 is 11.7 Å². The van der Waals surface area contributed by atoms with Gasteiger partial charge in [-0.2, -0.15) is 13.2 Å². The fourth-order valence-corrected chi connectivity index (χ4v) is 3.26. The number of hydrazine groups is 1. The molecule has 0 radical (unpaired) electrons. The Kier molecular flexibility index (Phi) is 4.60. The summed E-state index contributed by atoms with van der Waals surface area (Å²) in [6.45, 7) is 4.18. The lowest BCUT2D eigenvalue weighted by molar-refractivity contribution is -0.137. The number of hydrogen-bond donors (Lipinski definition) is 2. The average Bonchev–Trinajstić information content (AvgIpc) is 3.12. The number of benzene rings is 1. The van der Waals surface area contributed by atoms with Crippen LogP contribution in [0.3, 0.4) is 0 Å². The van der Waals surface area contributed by atoms with Gasteiger partial charge in [0.05, 0.1) is 11.3 Å². The van der Waals surface area contributed by atoms with Gasteiger partial charge in [0.15, 0.2) is 0 Å². The zero-order chi connectivity index (χ0) is 17.3. The Labute approximate surface area is 138 Å². The summed E-state index contributed by atoms with van der Waals surface area (Å²) in [5.41, 5.74) is 5.75. The number of aromatic nitrogens is 3. The van der Waals surface area contributed by atoms with Crippen molar-refractivity contribution in [1.82, 2.24) is 25.6 Å². The van der Waals surface area contributed by atoms with Crippen LogP contribution in [0.15, 0.2) is 30.6 Å². The smallest absolute Gasteiger partial charge is 0.285 e. The van der Waals surface area contributed by atoms with Crippen LogP contribution in [0.1, 0.15) is 31.7 Å². The van der Waals surface area contributed by atoms with E-state index in [9.17, 15) is 13.2 Å². The third-order valence-corrected chi connectivity index (χ3v) is 4.61. The van der Waals surface area contributed by atoms with Crippen molar-refractivity contribution in [2.24, 2.45) is 5.92 Å². The van der Waals surface area contributed by atoms with Gasteiger partial charge in [-0.1, -0.05) is 12.1 Å². The van der Waals surface area contributed by atoms with E-state index in [2.05, 4.69) is 34.9 Å². The van der Waals surface area contributed by atoms with Crippen molar-refractivity contribution in [1.29, 1.82) is 0 Å². The molecular weight excluding hydrogens is 319 g/mol. The number of para-hydroxylation sites is 1. The molecule has 8 heteroatoms. The van der Waals surface area contributed by atoms with Crippen molar-refractivity contribution in [3.63, 3.8) is 0 Å². The summed E-state index contributed by atoms with van der Waals surface area (Å²) in [4.78, 5) is 0. The third kappa shape index (κ3) is 3.29. The molecule has 2 aromatic rings. The van der Waals surface area contributed by atoms with Gasteiger partial charge in [0.2, 0.25) is 0 Å². The Balaban J connectivity index is 1.84. The maximum atomic E-state index is 13.2. The van der Waals surface area contributed by atoms with Crippen LogP contribution in [0.5, 0.6) is 0 Å². The third-order valence-electron chi connectivity index (χ3n) is 4.61. The predicted molar refractivity (Wildman–Crippen MR) is 83.4 cm³/mol. The quantitative estimate of drug-likeness (QED) is 0.899. The van der Waals surface area contributed by atoms with Crippen LogP contribution in [0, 0.1) is 5.92 Å². The highest BCUT2D eigenvalue weighted by Crippen LogP contribution is 2.34. The van der Waals surface area contributed by atoms with Crippen molar-refractivity contribution in [2.45, 2.75) is 44.9 Å². The second-order valence-electron chi connectivity index (χ2n) is 6.20. The first-order valence-corrected chi connectivity index (χ1v) is 7.94. The van der Waals surface area contributed by atoms with E-state index in [0.29, 0.717) is 30.2 Å². The fourth-order valence-electron chi connectivity index (χ4n) is 3.26. The van der Waals surface area contributed by atoms with Gasteiger partial charge in [0.1, 0.15) is 12.2 Å². The van der Waals surface area contributed by atoms with Crippen molar-refractivity contribution in [2.75, 3.05) is 0 Å². The standard InChI is InChI=1S/C16H20F3N5/c1-10-12(11(2)22-21-10)7-8-15-23-20-9-24(15)14-6-4-3-5-13(14)16(17,18)19/h3-6,9-12,21-22H,7-8H2,1-2H3. The number of nitrogens with zero attached hydrogens (tertiary/aromatic N) is 3. The van der Waals surface area contributed by atoms with Crippen molar-refractivity contribution in [3.05, 3.63) is 42.0 Å². The summed E-state index contributed by atoms with van der Waals surface area (Å²) in [7, 11) is 0. The molecule has 1 aliphatic heterocycles. The first-order valence-electron chi connectivity index (χ1n) is 7.94. The minimum absolute atomic E-state index is 0.0637. The van der Waals surface area contributed by atoms with Crippen LogP contribution >= 0.6 is 0 Å². The predicted octanol–water partition coefficient (Wildman–Crippen LogP) is 2.72. The number of nitrogens with one attached hydrogen (secondary N) is 2. The van der Waals surface area contributed by atoms with Gasteiger partial charge in [0.25, 0.3) is 0 Å². The van der Waals surface area contributed by atoms with Gasteiger partial charge in [-0.3, -0.25) is 15.4 Å². The summed E-state index contributed by atoms with van der Waals surface area (Å²) in [6.07, 6.45) is -1.69. The fraction of sp³-hybridized carbons (Fsp3) is 0.500. The van der Waals surface area contributed by atoms with E-state index in [1.807, 2.05) is 0 Å². The van der Waals surface area contributed by atoms with Crippen LogP contribution in [-0.4, -0.2) is 26.8 Å². The second-order valence-corrected chi connectivity index (χ2v) is 6.20. The van der Waals surface area contributed by atoms with Gasteiger partial charge in [-0.25, -0.2) is 0 Å². The first-order chi connectivity index (χ1) is 11.4. The van der Waals surface area contributed by atoms with Gasteiger partial charge >= 0.3 is 6.18 Å². The molecule has 1 aromatic heterocycles. The molecule has 0 spiro atoms. The number of alkyl halides is 3. The Morgan fingerprint density at radius 3 is 2.46 bits per heavy atom. The SMILES string of the molecule is CC1NNC(C)C1CCc1nncn1-c1ccccc1C(F)(F)F. The van der Waals surface area contributed by atoms with E-state index in [1.165, 1.54) is 23.0 Å². The van der Waals surface area contributed by atoms with Gasteiger partial charge in [0, 0.05) is 18.5 Å². The minimum atomic E-state index is -4.42. The highest BCUT2D eigenvalue weighted by molar-refractivity contribution is 5.43. The van der Waals surface area contributed by atoms with Crippen molar-refractivity contribution >= 4 is 0 Å². The molecule has 0 aliphatic carbocycles. The maximum Gasteiger partial charge on any atom is 0.418 e. The van der Waals surface area contributed by atoms with Gasteiger partial charge < -0.3 is 0 Å². The zero-order valence-corrected chi connectivity index (χ0v) is 13.5. The van der Waals surface area contributed by atoms with Crippen molar-refractivity contribution in [3.8, 4) is 5.69 Å². The molecule has 2 N–H and O–H groups in total. The number of aryl methyl sites for hydroxylation is 1. The Hall–Kier alpha value is -1.93. The summed E-state index contributed by atoms with van der Waals surface area (Å²) < 4.78 is 41.1. The first kappa shape index (κ1) is 16.9. The summed E-state index contributed by atoms with van der Waals surface area (Å²) >= 11 is 0. The lowest BCUT2D eigenvalue weighted by atomic mass is 9.91. The van der Waals surface area contributed by atoms with Crippen molar-refractivity contribution < 1.29 is 13.2 Å². The lowest BCUT2D eigenvalue weighted by Gasteiger charge is -2.18. The molecule has 1 fully saturated rings. The molecule has 3 rings (SSSR count).